The molecule has 4 heteroatoms. The molecule has 0 aliphatic heterocycles. The first-order valence-electron chi connectivity index (χ1n) is 7.88. The van der Waals surface area contributed by atoms with Crippen LogP contribution >= 0.6 is 11.6 Å². The maximum absolute atomic E-state index is 12.2. The van der Waals surface area contributed by atoms with Gasteiger partial charge < -0.3 is 10.1 Å². The summed E-state index contributed by atoms with van der Waals surface area (Å²) in [4.78, 5) is 12.2. The van der Waals surface area contributed by atoms with Crippen LogP contribution in [0.4, 0.5) is 0 Å². The average Bonchev–Trinajstić information content (AvgIpc) is 2.44. The number of halogens is 1. The van der Waals surface area contributed by atoms with E-state index in [1.54, 1.807) is 31.2 Å². The average molecular weight is 310 g/mol. The Hall–Kier alpha value is -1.22. The molecule has 1 aliphatic carbocycles. The molecule has 1 saturated carbocycles. The molecule has 1 fully saturated rings. The standard InChI is InChI=1S/C17H24ClNO2/c1-13(21-16-11-9-14(18)10-12-16)17(20)19-15-7-5-3-2-4-6-8-15/h9-13,15H,2-8H2,1H3,(H,19,20)/t13-/m1/s1. The van der Waals surface area contributed by atoms with E-state index in [1.807, 2.05) is 0 Å². The third-order valence-corrected chi connectivity index (χ3v) is 4.20. The monoisotopic (exact) mass is 309 g/mol. The highest BCUT2D eigenvalue weighted by Gasteiger charge is 2.19. The van der Waals surface area contributed by atoms with Crippen molar-refractivity contribution in [1.29, 1.82) is 0 Å². The lowest BCUT2D eigenvalue weighted by Crippen LogP contribution is -2.42. The number of benzene rings is 1. The van der Waals surface area contributed by atoms with Gasteiger partial charge in [0, 0.05) is 11.1 Å². The van der Waals surface area contributed by atoms with Crippen molar-refractivity contribution in [1.82, 2.24) is 5.32 Å². The van der Waals surface area contributed by atoms with Gasteiger partial charge in [-0.2, -0.15) is 0 Å². The van der Waals surface area contributed by atoms with E-state index < -0.39 is 6.10 Å². The Morgan fingerprint density at radius 3 is 2.33 bits per heavy atom. The third-order valence-electron chi connectivity index (χ3n) is 3.95. The minimum absolute atomic E-state index is 0.0319. The maximum atomic E-state index is 12.2. The van der Waals surface area contributed by atoms with E-state index in [1.165, 1.54) is 32.1 Å². The Kier molecular flexibility index (Phi) is 6.37. The van der Waals surface area contributed by atoms with Gasteiger partial charge in [0.15, 0.2) is 6.10 Å². The van der Waals surface area contributed by atoms with Crippen molar-refractivity contribution in [2.75, 3.05) is 0 Å². The summed E-state index contributed by atoms with van der Waals surface area (Å²) in [7, 11) is 0. The van der Waals surface area contributed by atoms with Crippen LogP contribution < -0.4 is 10.1 Å². The van der Waals surface area contributed by atoms with E-state index in [9.17, 15) is 4.79 Å². The molecule has 2 rings (SSSR count). The van der Waals surface area contributed by atoms with Crippen LogP contribution in [0.15, 0.2) is 24.3 Å². The molecule has 1 aliphatic rings. The van der Waals surface area contributed by atoms with Crippen molar-refractivity contribution in [3.8, 4) is 5.75 Å². The van der Waals surface area contributed by atoms with Crippen LogP contribution in [0.5, 0.6) is 5.75 Å². The fourth-order valence-electron chi connectivity index (χ4n) is 2.69. The van der Waals surface area contributed by atoms with E-state index >= 15 is 0 Å². The second kappa shape index (κ2) is 8.28. The molecule has 0 spiro atoms. The molecule has 0 aromatic heterocycles. The molecular formula is C17H24ClNO2. The van der Waals surface area contributed by atoms with Gasteiger partial charge in [-0.05, 0) is 44.0 Å². The first-order valence-corrected chi connectivity index (χ1v) is 8.25. The lowest BCUT2D eigenvalue weighted by Gasteiger charge is -2.23. The van der Waals surface area contributed by atoms with Crippen LogP contribution in [0.25, 0.3) is 0 Å². The Balaban J connectivity index is 1.82. The van der Waals surface area contributed by atoms with Gasteiger partial charge >= 0.3 is 0 Å². The third kappa shape index (κ3) is 5.58. The van der Waals surface area contributed by atoms with Crippen LogP contribution in [0, 0.1) is 0 Å². The van der Waals surface area contributed by atoms with Crippen LogP contribution in [0.1, 0.15) is 51.9 Å². The summed E-state index contributed by atoms with van der Waals surface area (Å²) in [6.07, 6.45) is 7.98. The van der Waals surface area contributed by atoms with Crippen LogP contribution in [0.2, 0.25) is 5.02 Å². The molecule has 1 aromatic carbocycles. The fourth-order valence-corrected chi connectivity index (χ4v) is 2.82. The Morgan fingerprint density at radius 1 is 1.14 bits per heavy atom. The molecule has 1 atom stereocenters. The van der Waals surface area contributed by atoms with E-state index in [0.717, 1.165) is 12.8 Å². The van der Waals surface area contributed by atoms with Crippen molar-refractivity contribution in [3.05, 3.63) is 29.3 Å². The zero-order valence-corrected chi connectivity index (χ0v) is 13.4. The zero-order valence-electron chi connectivity index (χ0n) is 12.6. The molecule has 0 bridgehead atoms. The number of carbonyl (C=O) groups is 1. The van der Waals surface area contributed by atoms with Crippen LogP contribution in [-0.2, 0) is 4.79 Å². The first kappa shape index (κ1) is 16.2. The van der Waals surface area contributed by atoms with Crippen LogP contribution in [-0.4, -0.2) is 18.1 Å². The minimum Gasteiger partial charge on any atom is -0.481 e. The Morgan fingerprint density at radius 2 is 1.71 bits per heavy atom. The summed E-state index contributed by atoms with van der Waals surface area (Å²) in [5.74, 6) is 0.634. The number of hydrogen-bond donors (Lipinski definition) is 1. The Labute approximate surface area is 132 Å². The Bertz CT molecular complexity index is 439. The summed E-state index contributed by atoms with van der Waals surface area (Å²) in [6.45, 7) is 1.78. The highest BCUT2D eigenvalue weighted by molar-refractivity contribution is 6.30. The van der Waals surface area contributed by atoms with E-state index in [2.05, 4.69) is 5.32 Å². The summed E-state index contributed by atoms with van der Waals surface area (Å²) in [5.41, 5.74) is 0. The van der Waals surface area contributed by atoms with Crippen molar-refractivity contribution >= 4 is 17.5 Å². The zero-order chi connectivity index (χ0) is 15.1. The van der Waals surface area contributed by atoms with Crippen molar-refractivity contribution < 1.29 is 9.53 Å². The van der Waals surface area contributed by atoms with E-state index in [4.69, 9.17) is 16.3 Å². The predicted molar refractivity (Wildman–Crippen MR) is 85.8 cm³/mol. The van der Waals surface area contributed by atoms with Gasteiger partial charge in [-0.3, -0.25) is 4.79 Å². The van der Waals surface area contributed by atoms with E-state index in [-0.39, 0.29) is 5.91 Å². The summed E-state index contributed by atoms with van der Waals surface area (Å²) in [5, 5.41) is 3.79. The highest BCUT2D eigenvalue weighted by atomic mass is 35.5. The number of amides is 1. The molecule has 1 N–H and O–H groups in total. The molecule has 0 radical (unpaired) electrons. The van der Waals surface area contributed by atoms with Gasteiger partial charge in [0.05, 0.1) is 0 Å². The molecule has 21 heavy (non-hydrogen) atoms. The highest BCUT2D eigenvalue weighted by Crippen LogP contribution is 2.19. The molecule has 0 heterocycles. The summed E-state index contributed by atoms with van der Waals surface area (Å²) >= 11 is 5.83. The second-order valence-corrected chi connectivity index (χ2v) is 6.20. The quantitative estimate of drug-likeness (QED) is 0.898. The number of ether oxygens (including phenoxy) is 1. The largest absolute Gasteiger partial charge is 0.481 e. The first-order chi connectivity index (χ1) is 10.1. The minimum atomic E-state index is -0.489. The lowest BCUT2D eigenvalue weighted by atomic mass is 9.96. The van der Waals surface area contributed by atoms with Gasteiger partial charge in [-0.25, -0.2) is 0 Å². The number of hydrogen-bond acceptors (Lipinski definition) is 2. The molecule has 3 nitrogen and oxygen atoms in total. The molecular weight excluding hydrogens is 286 g/mol. The van der Waals surface area contributed by atoms with Crippen LogP contribution in [0.3, 0.4) is 0 Å². The maximum Gasteiger partial charge on any atom is 0.260 e. The second-order valence-electron chi connectivity index (χ2n) is 5.76. The topological polar surface area (TPSA) is 38.3 Å². The van der Waals surface area contributed by atoms with Crippen molar-refractivity contribution in [3.63, 3.8) is 0 Å². The summed E-state index contributed by atoms with van der Waals surface area (Å²) < 4.78 is 5.66. The number of nitrogens with one attached hydrogen (secondary N) is 1. The normalized spacial score (nSPS) is 18.4. The fraction of sp³-hybridized carbons (Fsp3) is 0.588. The molecule has 1 aromatic rings. The summed E-state index contributed by atoms with van der Waals surface area (Å²) in [6, 6.07) is 7.38. The number of rotatable bonds is 4. The van der Waals surface area contributed by atoms with Gasteiger partial charge in [-0.1, -0.05) is 43.7 Å². The van der Waals surface area contributed by atoms with Gasteiger partial charge in [-0.15, -0.1) is 0 Å². The smallest absolute Gasteiger partial charge is 0.260 e. The number of carbonyl (C=O) groups excluding carboxylic acids is 1. The molecule has 0 unspecified atom stereocenters. The predicted octanol–water partition coefficient (Wildman–Crippen LogP) is 4.34. The van der Waals surface area contributed by atoms with Gasteiger partial charge in [0.1, 0.15) is 5.75 Å². The molecule has 116 valence electrons. The van der Waals surface area contributed by atoms with Crippen molar-refractivity contribution in [2.24, 2.45) is 0 Å². The van der Waals surface area contributed by atoms with Gasteiger partial charge in [0.25, 0.3) is 5.91 Å². The molecule has 0 saturated heterocycles. The van der Waals surface area contributed by atoms with Gasteiger partial charge in [0.2, 0.25) is 0 Å². The van der Waals surface area contributed by atoms with E-state index in [0.29, 0.717) is 16.8 Å². The molecule has 1 amide bonds. The SMILES string of the molecule is C[C@@H](Oc1ccc(Cl)cc1)C(=O)NC1CCCCCCC1. The van der Waals surface area contributed by atoms with Crippen molar-refractivity contribution in [2.45, 2.75) is 64.0 Å². The lowest BCUT2D eigenvalue weighted by molar-refractivity contribution is -0.128.